The maximum Gasteiger partial charge on any atom is 0.243 e. The molecule has 0 aliphatic carbocycles. The fourth-order valence-electron chi connectivity index (χ4n) is 4.00. The minimum absolute atomic E-state index is 0.0519. The molecule has 2 heterocycles. The highest BCUT2D eigenvalue weighted by atomic mass is 32.2. The fraction of sp³-hybridized carbons (Fsp3) is 0.588. The van der Waals surface area contributed by atoms with Gasteiger partial charge in [0.05, 0.1) is 18.0 Å². The number of rotatable bonds is 4. The van der Waals surface area contributed by atoms with Crippen molar-refractivity contribution in [1.29, 1.82) is 0 Å². The Bertz CT molecular complexity index is 741. The van der Waals surface area contributed by atoms with Crippen molar-refractivity contribution in [2.75, 3.05) is 17.1 Å². The number of benzene rings is 1. The molecule has 3 atom stereocenters. The number of sulfonamides is 1. The van der Waals surface area contributed by atoms with Gasteiger partial charge in [0.2, 0.25) is 15.9 Å². The van der Waals surface area contributed by atoms with Gasteiger partial charge in [-0.05, 0) is 50.3 Å². The van der Waals surface area contributed by atoms with E-state index in [4.69, 9.17) is 0 Å². The molecule has 2 fully saturated rings. The number of hydrogen-bond donors (Lipinski definition) is 1. The number of fused-ring (bicyclic) bond motifs is 2. The Morgan fingerprint density at radius 1 is 1.32 bits per heavy atom. The zero-order valence-corrected chi connectivity index (χ0v) is 15.0. The number of hydrogen-bond acceptors (Lipinski definition) is 4. The molecular weight excluding hydrogens is 347 g/mol. The molecule has 3 rings (SSSR count). The standard InChI is InChI=1S/C17H23FN2O4S/c1-25(23,24)19(13-5-2-4-12(18)8-13)11-17(22)20-14-6-3-7-15(20)10-16(21)9-14/h2,4-5,8,14-16,21H,3,6-7,9-11H2,1H3/t14-,15+,16?. The van der Waals surface area contributed by atoms with Crippen LogP contribution in [0.4, 0.5) is 10.1 Å². The van der Waals surface area contributed by atoms with E-state index >= 15 is 0 Å². The van der Waals surface area contributed by atoms with E-state index in [0.717, 1.165) is 35.9 Å². The fourth-order valence-corrected chi connectivity index (χ4v) is 4.84. The molecule has 2 saturated heterocycles. The predicted octanol–water partition coefficient (Wildman–Crippen LogP) is 1.50. The summed E-state index contributed by atoms with van der Waals surface area (Å²) in [6, 6.07) is 5.11. The normalized spacial score (nSPS) is 26.4. The van der Waals surface area contributed by atoms with Gasteiger partial charge in [-0.2, -0.15) is 0 Å². The lowest BCUT2D eigenvalue weighted by atomic mass is 9.83. The van der Waals surface area contributed by atoms with Gasteiger partial charge in [0, 0.05) is 12.1 Å². The average Bonchev–Trinajstić information content (AvgIpc) is 2.50. The molecular formula is C17H23FN2O4S. The van der Waals surface area contributed by atoms with Gasteiger partial charge in [0.25, 0.3) is 0 Å². The third kappa shape index (κ3) is 3.95. The molecule has 0 radical (unpaired) electrons. The van der Waals surface area contributed by atoms with Crippen LogP contribution in [-0.2, 0) is 14.8 Å². The quantitative estimate of drug-likeness (QED) is 0.871. The van der Waals surface area contributed by atoms with E-state index in [1.807, 2.05) is 0 Å². The van der Waals surface area contributed by atoms with Crippen molar-refractivity contribution in [3.63, 3.8) is 0 Å². The number of carbonyl (C=O) groups is 1. The first-order valence-corrected chi connectivity index (χ1v) is 10.3. The molecule has 6 nitrogen and oxygen atoms in total. The van der Waals surface area contributed by atoms with Gasteiger partial charge in [-0.25, -0.2) is 12.8 Å². The molecule has 138 valence electrons. The maximum absolute atomic E-state index is 13.5. The van der Waals surface area contributed by atoms with Gasteiger partial charge >= 0.3 is 0 Å². The van der Waals surface area contributed by atoms with E-state index in [1.165, 1.54) is 18.2 Å². The van der Waals surface area contributed by atoms with Gasteiger partial charge in [0.15, 0.2) is 0 Å². The molecule has 2 bridgehead atoms. The lowest BCUT2D eigenvalue weighted by Gasteiger charge is -2.48. The van der Waals surface area contributed by atoms with E-state index in [9.17, 15) is 22.7 Å². The molecule has 2 aliphatic rings. The maximum atomic E-state index is 13.5. The largest absolute Gasteiger partial charge is 0.393 e. The predicted molar refractivity (Wildman–Crippen MR) is 92.1 cm³/mol. The number of aliphatic hydroxyl groups is 1. The topological polar surface area (TPSA) is 77.9 Å². The van der Waals surface area contributed by atoms with E-state index in [-0.39, 0.29) is 30.2 Å². The summed E-state index contributed by atoms with van der Waals surface area (Å²) in [7, 11) is -3.73. The van der Waals surface area contributed by atoms with Crippen molar-refractivity contribution in [3.05, 3.63) is 30.1 Å². The van der Waals surface area contributed by atoms with E-state index in [1.54, 1.807) is 4.90 Å². The Morgan fingerprint density at radius 2 is 1.96 bits per heavy atom. The smallest absolute Gasteiger partial charge is 0.243 e. The Labute approximate surface area is 147 Å². The Balaban J connectivity index is 1.84. The summed E-state index contributed by atoms with van der Waals surface area (Å²) in [5.74, 6) is -0.854. The second kappa shape index (κ2) is 6.92. The number of amides is 1. The minimum atomic E-state index is -3.73. The third-order valence-electron chi connectivity index (χ3n) is 5.01. The lowest BCUT2D eigenvalue weighted by molar-refractivity contribution is -0.142. The van der Waals surface area contributed by atoms with Crippen LogP contribution in [0, 0.1) is 5.82 Å². The Kier molecular flexibility index (Phi) is 5.02. The molecule has 1 amide bonds. The summed E-state index contributed by atoms with van der Waals surface area (Å²) >= 11 is 0. The highest BCUT2D eigenvalue weighted by molar-refractivity contribution is 7.92. The van der Waals surface area contributed by atoms with Gasteiger partial charge in [-0.1, -0.05) is 6.07 Å². The van der Waals surface area contributed by atoms with Crippen LogP contribution in [0.1, 0.15) is 32.1 Å². The molecule has 1 aromatic carbocycles. The van der Waals surface area contributed by atoms with Crippen molar-refractivity contribution in [2.24, 2.45) is 0 Å². The number of piperidine rings is 2. The summed E-state index contributed by atoms with van der Waals surface area (Å²) in [5.41, 5.74) is 0.137. The van der Waals surface area contributed by atoms with Crippen LogP contribution in [0.5, 0.6) is 0 Å². The number of nitrogens with zero attached hydrogens (tertiary/aromatic N) is 2. The molecule has 25 heavy (non-hydrogen) atoms. The van der Waals surface area contributed by atoms with Crippen molar-refractivity contribution >= 4 is 21.6 Å². The van der Waals surface area contributed by atoms with Crippen LogP contribution in [0.15, 0.2) is 24.3 Å². The minimum Gasteiger partial charge on any atom is -0.393 e. The first-order chi connectivity index (χ1) is 11.8. The first-order valence-electron chi connectivity index (χ1n) is 8.48. The Hall–Kier alpha value is -1.67. The van der Waals surface area contributed by atoms with Gasteiger partial charge in [-0.15, -0.1) is 0 Å². The molecule has 1 aromatic rings. The van der Waals surface area contributed by atoms with Crippen LogP contribution in [0.25, 0.3) is 0 Å². The second-order valence-electron chi connectivity index (χ2n) is 6.91. The zero-order valence-electron chi connectivity index (χ0n) is 14.1. The lowest BCUT2D eigenvalue weighted by Crippen LogP contribution is -2.58. The number of carbonyl (C=O) groups excluding carboxylic acids is 1. The molecule has 0 aromatic heterocycles. The van der Waals surface area contributed by atoms with Crippen LogP contribution < -0.4 is 4.31 Å². The molecule has 1 N–H and O–H groups in total. The molecule has 0 spiro atoms. The van der Waals surface area contributed by atoms with Crippen molar-refractivity contribution in [1.82, 2.24) is 4.90 Å². The molecule has 8 heteroatoms. The van der Waals surface area contributed by atoms with Gasteiger partial charge in [0.1, 0.15) is 12.4 Å². The van der Waals surface area contributed by atoms with Crippen LogP contribution in [0.3, 0.4) is 0 Å². The van der Waals surface area contributed by atoms with Crippen LogP contribution in [0.2, 0.25) is 0 Å². The summed E-state index contributed by atoms with van der Waals surface area (Å²) in [5, 5.41) is 9.95. The highest BCUT2D eigenvalue weighted by Crippen LogP contribution is 2.34. The van der Waals surface area contributed by atoms with E-state index in [0.29, 0.717) is 12.8 Å². The number of anilines is 1. The van der Waals surface area contributed by atoms with Gasteiger partial charge < -0.3 is 10.0 Å². The number of aliphatic hydroxyl groups excluding tert-OH is 1. The van der Waals surface area contributed by atoms with Crippen molar-refractivity contribution in [2.45, 2.75) is 50.3 Å². The van der Waals surface area contributed by atoms with Crippen LogP contribution >= 0.6 is 0 Å². The summed E-state index contributed by atoms with van der Waals surface area (Å²) in [6.07, 6.45) is 4.30. The van der Waals surface area contributed by atoms with Crippen molar-refractivity contribution in [3.8, 4) is 0 Å². The first kappa shape index (κ1) is 18.1. The zero-order chi connectivity index (χ0) is 18.2. The SMILES string of the molecule is CS(=O)(=O)N(CC(=O)N1[C@@H]2CCC[C@H]1CC(O)C2)c1cccc(F)c1. The molecule has 1 unspecified atom stereocenters. The average molecular weight is 370 g/mol. The monoisotopic (exact) mass is 370 g/mol. The summed E-state index contributed by atoms with van der Waals surface area (Å²) in [4.78, 5) is 14.6. The van der Waals surface area contributed by atoms with Crippen LogP contribution in [-0.4, -0.2) is 55.3 Å². The Morgan fingerprint density at radius 3 is 2.52 bits per heavy atom. The van der Waals surface area contributed by atoms with E-state index in [2.05, 4.69) is 0 Å². The molecule has 2 aliphatic heterocycles. The number of halogens is 1. The third-order valence-corrected chi connectivity index (χ3v) is 6.15. The highest BCUT2D eigenvalue weighted by Gasteiger charge is 2.41. The van der Waals surface area contributed by atoms with E-state index < -0.39 is 21.9 Å². The molecule has 0 saturated carbocycles. The van der Waals surface area contributed by atoms with Gasteiger partial charge in [-0.3, -0.25) is 9.10 Å². The second-order valence-corrected chi connectivity index (χ2v) is 8.82. The van der Waals surface area contributed by atoms with Crippen molar-refractivity contribution < 1.29 is 22.7 Å². The summed E-state index contributed by atoms with van der Waals surface area (Å²) < 4.78 is 38.7. The summed E-state index contributed by atoms with van der Waals surface area (Å²) in [6.45, 7) is -0.356.